The van der Waals surface area contributed by atoms with Crippen LogP contribution >= 0.6 is 0 Å². The lowest BCUT2D eigenvalue weighted by atomic mass is 10.1. The van der Waals surface area contributed by atoms with E-state index >= 15 is 0 Å². The molecule has 1 aliphatic rings. The number of carboxylic acid groups (broad SMARTS) is 1. The van der Waals surface area contributed by atoms with Crippen molar-refractivity contribution in [1.29, 1.82) is 0 Å². The van der Waals surface area contributed by atoms with Crippen molar-refractivity contribution < 1.29 is 19.5 Å². The Labute approximate surface area is 110 Å². The highest BCUT2D eigenvalue weighted by atomic mass is 16.6. The standard InChI is InChI=1S/C13H14N2O4/c1-2-8-4-3-5-9(6-8)14-12(16)11-7-10(13(17)18)15-19-11/h3-6,11H,2,7H2,1H3,(H,14,16)(H,17,18). The first kappa shape index (κ1) is 13.1. The number of aliphatic carboxylic acids is 1. The lowest BCUT2D eigenvalue weighted by molar-refractivity contribution is -0.129. The average Bonchev–Trinajstić information content (AvgIpc) is 2.89. The number of nitrogens with zero attached hydrogens (tertiary/aromatic N) is 1. The van der Waals surface area contributed by atoms with E-state index in [2.05, 4.69) is 10.5 Å². The molecular weight excluding hydrogens is 248 g/mol. The van der Waals surface area contributed by atoms with Crippen LogP contribution in [0, 0.1) is 0 Å². The first-order chi connectivity index (χ1) is 9.10. The van der Waals surface area contributed by atoms with Crippen LogP contribution in [0.1, 0.15) is 18.9 Å². The zero-order chi connectivity index (χ0) is 13.8. The van der Waals surface area contributed by atoms with Gasteiger partial charge in [0.15, 0.2) is 5.71 Å². The topological polar surface area (TPSA) is 88.0 Å². The first-order valence-corrected chi connectivity index (χ1v) is 5.96. The highest BCUT2D eigenvalue weighted by Crippen LogP contribution is 2.15. The molecule has 1 unspecified atom stereocenters. The largest absolute Gasteiger partial charge is 0.477 e. The van der Waals surface area contributed by atoms with Crippen LogP contribution in [-0.4, -0.2) is 28.8 Å². The van der Waals surface area contributed by atoms with Crippen molar-refractivity contribution in [3.63, 3.8) is 0 Å². The number of carboxylic acids is 1. The van der Waals surface area contributed by atoms with Crippen molar-refractivity contribution in [2.24, 2.45) is 5.16 Å². The number of hydrogen-bond donors (Lipinski definition) is 2. The molecule has 2 N–H and O–H groups in total. The fraction of sp³-hybridized carbons (Fsp3) is 0.308. The molecule has 1 atom stereocenters. The van der Waals surface area contributed by atoms with Gasteiger partial charge in [0.05, 0.1) is 0 Å². The van der Waals surface area contributed by atoms with E-state index in [0.717, 1.165) is 12.0 Å². The lowest BCUT2D eigenvalue weighted by Crippen LogP contribution is -2.28. The molecule has 2 rings (SSSR count). The van der Waals surface area contributed by atoms with Gasteiger partial charge in [0.2, 0.25) is 6.10 Å². The summed E-state index contributed by atoms with van der Waals surface area (Å²) in [4.78, 5) is 27.4. The lowest BCUT2D eigenvalue weighted by Gasteiger charge is -2.10. The third kappa shape index (κ3) is 3.09. The number of carbonyl (C=O) groups is 2. The molecule has 1 amide bonds. The van der Waals surface area contributed by atoms with Crippen LogP contribution in [0.2, 0.25) is 0 Å². The van der Waals surface area contributed by atoms with Gasteiger partial charge in [0.1, 0.15) is 0 Å². The minimum Gasteiger partial charge on any atom is -0.477 e. The van der Waals surface area contributed by atoms with E-state index in [4.69, 9.17) is 9.94 Å². The van der Waals surface area contributed by atoms with Gasteiger partial charge in [0, 0.05) is 12.1 Å². The Morgan fingerprint density at radius 1 is 1.53 bits per heavy atom. The fourth-order valence-corrected chi connectivity index (χ4v) is 1.74. The van der Waals surface area contributed by atoms with Gasteiger partial charge < -0.3 is 15.3 Å². The van der Waals surface area contributed by atoms with E-state index in [1.54, 1.807) is 6.07 Å². The van der Waals surface area contributed by atoms with Crippen molar-refractivity contribution in [2.45, 2.75) is 25.9 Å². The molecule has 100 valence electrons. The van der Waals surface area contributed by atoms with Crippen molar-refractivity contribution in [1.82, 2.24) is 0 Å². The maximum atomic E-state index is 11.9. The van der Waals surface area contributed by atoms with Gasteiger partial charge >= 0.3 is 5.97 Å². The zero-order valence-corrected chi connectivity index (χ0v) is 10.4. The Kier molecular flexibility index (Phi) is 3.79. The maximum Gasteiger partial charge on any atom is 0.353 e. The van der Waals surface area contributed by atoms with Gasteiger partial charge in [-0.25, -0.2) is 4.79 Å². The average molecular weight is 262 g/mol. The van der Waals surface area contributed by atoms with E-state index in [1.807, 2.05) is 25.1 Å². The smallest absolute Gasteiger partial charge is 0.353 e. The molecule has 0 fully saturated rings. The molecule has 6 heteroatoms. The third-order valence-electron chi connectivity index (χ3n) is 2.81. The van der Waals surface area contributed by atoms with Crippen molar-refractivity contribution in [2.75, 3.05) is 5.32 Å². The molecule has 1 heterocycles. The van der Waals surface area contributed by atoms with Gasteiger partial charge in [-0.05, 0) is 24.1 Å². The summed E-state index contributed by atoms with van der Waals surface area (Å²) in [5.41, 5.74) is 1.63. The molecule has 0 radical (unpaired) electrons. The van der Waals surface area contributed by atoms with E-state index in [0.29, 0.717) is 5.69 Å². The number of carbonyl (C=O) groups excluding carboxylic acids is 1. The molecule has 19 heavy (non-hydrogen) atoms. The zero-order valence-electron chi connectivity index (χ0n) is 10.4. The summed E-state index contributed by atoms with van der Waals surface area (Å²) >= 11 is 0. The molecule has 0 saturated carbocycles. The highest BCUT2D eigenvalue weighted by molar-refractivity contribution is 6.36. The quantitative estimate of drug-likeness (QED) is 0.858. The second kappa shape index (κ2) is 5.51. The summed E-state index contributed by atoms with van der Waals surface area (Å²) in [6.45, 7) is 2.02. The minimum atomic E-state index is -1.16. The van der Waals surface area contributed by atoms with Crippen LogP contribution in [0.5, 0.6) is 0 Å². The summed E-state index contributed by atoms with van der Waals surface area (Å²) < 4.78 is 0. The van der Waals surface area contributed by atoms with E-state index < -0.39 is 18.0 Å². The summed E-state index contributed by atoms with van der Waals surface area (Å²) in [6, 6.07) is 7.45. The summed E-state index contributed by atoms with van der Waals surface area (Å²) in [7, 11) is 0. The number of benzene rings is 1. The Balaban J connectivity index is 1.97. The Morgan fingerprint density at radius 3 is 2.95 bits per heavy atom. The second-order valence-corrected chi connectivity index (χ2v) is 4.18. The Hall–Kier alpha value is -2.37. The molecule has 0 saturated heterocycles. The van der Waals surface area contributed by atoms with Crippen LogP contribution in [0.15, 0.2) is 29.4 Å². The normalized spacial score (nSPS) is 17.5. The third-order valence-corrected chi connectivity index (χ3v) is 2.81. The number of oxime groups is 1. The molecule has 0 bridgehead atoms. The van der Waals surface area contributed by atoms with E-state index in [9.17, 15) is 9.59 Å². The van der Waals surface area contributed by atoms with Crippen LogP contribution in [0.25, 0.3) is 0 Å². The Bertz CT molecular complexity index is 539. The predicted octanol–water partition coefficient (Wildman–Crippen LogP) is 1.42. The van der Waals surface area contributed by atoms with Crippen LogP contribution in [0.3, 0.4) is 0 Å². The molecule has 0 aromatic heterocycles. The molecule has 1 aliphatic heterocycles. The minimum absolute atomic E-state index is 0.0192. The van der Waals surface area contributed by atoms with Gasteiger partial charge in [-0.3, -0.25) is 4.79 Å². The van der Waals surface area contributed by atoms with Gasteiger partial charge in [-0.15, -0.1) is 0 Å². The fourth-order valence-electron chi connectivity index (χ4n) is 1.74. The number of rotatable bonds is 4. The predicted molar refractivity (Wildman–Crippen MR) is 69.0 cm³/mol. The van der Waals surface area contributed by atoms with E-state index in [-0.39, 0.29) is 12.1 Å². The van der Waals surface area contributed by atoms with Crippen LogP contribution < -0.4 is 5.32 Å². The number of anilines is 1. The van der Waals surface area contributed by atoms with Crippen LogP contribution in [-0.2, 0) is 20.8 Å². The van der Waals surface area contributed by atoms with Gasteiger partial charge in [-0.2, -0.15) is 0 Å². The number of aryl methyl sites for hydroxylation is 1. The maximum absolute atomic E-state index is 11.9. The molecule has 1 aromatic carbocycles. The van der Waals surface area contributed by atoms with Gasteiger partial charge in [0.25, 0.3) is 5.91 Å². The molecular formula is C13H14N2O4. The highest BCUT2D eigenvalue weighted by Gasteiger charge is 2.31. The second-order valence-electron chi connectivity index (χ2n) is 4.18. The SMILES string of the molecule is CCc1cccc(NC(=O)C2CC(C(=O)O)=NO2)c1. The van der Waals surface area contributed by atoms with Crippen molar-refractivity contribution >= 4 is 23.3 Å². The van der Waals surface area contributed by atoms with Crippen molar-refractivity contribution in [3.8, 4) is 0 Å². The summed E-state index contributed by atoms with van der Waals surface area (Å²) in [5.74, 6) is -1.56. The summed E-state index contributed by atoms with van der Waals surface area (Å²) in [6.07, 6.45) is -0.0266. The number of hydrogen-bond acceptors (Lipinski definition) is 4. The number of nitrogens with one attached hydrogen (secondary N) is 1. The molecule has 1 aromatic rings. The van der Waals surface area contributed by atoms with E-state index in [1.165, 1.54) is 0 Å². The molecule has 0 aliphatic carbocycles. The van der Waals surface area contributed by atoms with Crippen molar-refractivity contribution in [3.05, 3.63) is 29.8 Å². The Morgan fingerprint density at radius 2 is 2.32 bits per heavy atom. The molecule has 0 spiro atoms. The van der Waals surface area contributed by atoms with Crippen LogP contribution in [0.4, 0.5) is 5.69 Å². The monoisotopic (exact) mass is 262 g/mol. The first-order valence-electron chi connectivity index (χ1n) is 5.96. The number of amides is 1. The molecule has 6 nitrogen and oxygen atoms in total. The van der Waals surface area contributed by atoms with Gasteiger partial charge in [-0.1, -0.05) is 24.2 Å². The summed E-state index contributed by atoms with van der Waals surface area (Å²) in [5, 5.41) is 14.8.